The average Bonchev–Trinajstić information content (AvgIpc) is 2.88. The molecule has 0 aliphatic rings. The Morgan fingerprint density at radius 3 is 2.65 bits per heavy atom. The molecule has 0 aliphatic heterocycles. The molecule has 0 saturated heterocycles. The number of pyridine rings is 1. The fraction of sp³-hybridized carbons (Fsp3) is 0.133. The van der Waals surface area contributed by atoms with E-state index >= 15 is 0 Å². The van der Waals surface area contributed by atoms with Crippen LogP contribution in [0.4, 0.5) is 0 Å². The van der Waals surface area contributed by atoms with Crippen molar-refractivity contribution in [2.45, 2.75) is 13.8 Å². The standard InChI is InChI=1S/C15H13N3O2/c1-9-8-11(19)6-7-12(9)15-17-14(18-20-15)13-5-3-4-10(2)16-13/h3-8,19H,1-2H3. The van der Waals surface area contributed by atoms with Gasteiger partial charge in [0.1, 0.15) is 11.4 Å². The van der Waals surface area contributed by atoms with Gasteiger partial charge in [0.2, 0.25) is 5.82 Å². The van der Waals surface area contributed by atoms with Crippen molar-refractivity contribution in [1.29, 1.82) is 0 Å². The van der Waals surface area contributed by atoms with Crippen LogP contribution in [0.1, 0.15) is 11.3 Å². The monoisotopic (exact) mass is 267 g/mol. The molecule has 5 heteroatoms. The largest absolute Gasteiger partial charge is 0.508 e. The second-order valence-electron chi connectivity index (χ2n) is 4.59. The van der Waals surface area contributed by atoms with Crippen LogP contribution in [0.15, 0.2) is 40.9 Å². The van der Waals surface area contributed by atoms with Gasteiger partial charge in [-0.2, -0.15) is 4.98 Å². The molecule has 0 amide bonds. The number of nitrogens with zero attached hydrogens (tertiary/aromatic N) is 3. The van der Waals surface area contributed by atoms with E-state index in [1.807, 2.05) is 32.0 Å². The maximum atomic E-state index is 9.42. The van der Waals surface area contributed by atoms with Crippen LogP contribution in [0.2, 0.25) is 0 Å². The van der Waals surface area contributed by atoms with E-state index in [2.05, 4.69) is 15.1 Å². The van der Waals surface area contributed by atoms with Gasteiger partial charge in [0, 0.05) is 11.3 Å². The van der Waals surface area contributed by atoms with Gasteiger partial charge in [-0.25, -0.2) is 4.98 Å². The number of rotatable bonds is 2. The van der Waals surface area contributed by atoms with Crippen molar-refractivity contribution in [3.8, 4) is 28.7 Å². The summed E-state index contributed by atoms with van der Waals surface area (Å²) < 4.78 is 5.28. The molecule has 100 valence electrons. The molecule has 2 aromatic heterocycles. The summed E-state index contributed by atoms with van der Waals surface area (Å²) in [6, 6.07) is 10.7. The predicted molar refractivity (Wildman–Crippen MR) is 74.1 cm³/mol. The van der Waals surface area contributed by atoms with Gasteiger partial charge < -0.3 is 9.63 Å². The third-order valence-electron chi connectivity index (χ3n) is 2.98. The van der Waals surface area contributed by atoms with Gasteiger partial charge in [-0.05, 0) is 49.7 Å². The van der Waals surface area contributed by atoms with Crippen LogP contribution in [0.25, 0.3) is 23.0 Å². The Morgan fingerprint density at radius 2 is 1.90 bits per heavy atom. The zero-order valence-electron chi connectivity index (χ0n) is 11.2. The van der Waals surface area contributed by atoms with Crippen LogP contribution in [0.5, 0.6) is 5.75 Å². The van der Waals surface area contributed by atoms with E-state index in [0.717, 1.165) is 16.8 Å². The molecule has 1 aromatic carbocycles. The van der Waals surface area contributed by atoms with E-state index in [4.69, 9.17) is 4.52 Å². The molecular weight excluding hydrogens is 254 g/mol. The first-order chi connectivity index (χ1) is 9.63. The van der Waals surface area contributed by atoms with Gasteiger partial charge in [0.05, 0.1) is 0 Å². The van der Waals surface area contributed by atoms with Crippen LogP contribution in [-0.4, -0.2) is 20.2 Å². The molecule has 20 heavy (non-hydrogen) atoms. The molecule has 0 bridgehead atoms. The zero-order valence-corrected chi connectivity index (χ0v) is 11.2. The number of aromatic hydroxyl groups is 1. The number of hydrogen-bond donors (Lipinski definition) is 1. The number of aromatic nitrogens is 3. The van der Waals surface area contributed by atoms with Crippen molar-refractivity contribution in [3.05, 3.63) is 47.7 Å². The number of benzene rings is 1. The van der Waals surface area contributed by atoms with Crippen molar-refractivity contribution >= 4 is 0 Å². The summed E-state index contributed by atoms with van der Waals surface area (Å²) in [5.41, 5.74) is 3.25. The lowest BCUT2D eigenvalue weighted by Crippen LogP contribution is -1.88. The van der Waals surface area contributed by atoms with Gasteiger partial charge >= 0.3 is 0 Å². The topological polar surface area (TPSA) is 72.0 Å². The summed E-state index contributed by atoms with van der Waals surface area (Å²) in [5, 5.41) is 13.4. The molecule has 3 rings (SSSR count). The van der Waals surface area contributed by atoms with E-state index < -0.39 is 0 Å². The van der Waals surface area contributed by atoms with E-state index in [1.54, 1.807) is 18.2 Å². The summed E-state index contributed by atoms with van der Waals surface area (Å²) in [6.07, 6.45) is 0. The van der Waals surface area contributed by atoms with Crippen molar-refractivity contribution in [3.63, 3.8) is 0 Å². The van der Waals surface area contributed by atoms with E-state index in [9.17, 15) is 5.11 Å². The fourth-order valence-corrected chi connectivity index (χ4v) is 1.99. The second kappa shape index (κ2) is 4.77. The number of phenols is 1. The summed E-state index contributed by atoms with van der Waals surface area (Å²) >= 11 is 0. The zero-order chi connectivity index (χ0) is 14.1. The predicted octanol–water partition coefficient (Wildman–Crippen LogP) is 3.12. The third kappa shape index (κ3) is 2.25. The molecule has 5 nitrogen and oxygen atoms in total. The van der Waals surface area contributed by atoms with Crippen molar-refractivity contribution in [2.24, 2.45) is 0 Å². The molecule has 0 aliphatic carbocycles. The average molecular weight is 267 g/mol. The number of phenolic OH excluding ortho intramolecular Hbond substituents is 1. The minimum Gasteiger partial charge on any atom is -0.508 e. The van der Waals surface area contributed by atoms with Crippen LogP contribution < -0.4 is 0 Å². The maximum absolute atomic E-state index is 9.42. The van der Waals surface area contributed by atoms with E-state index in [0.29, 0.717) is 17.4 Å². The molecule has 1 N–H and O–H groups in total. The van der Waals surface area contributed by atoms with Gasteiger partial charge in [0.25, 0.3) is 5.89 Å². The minimum atomic E-state index is 0.214. The quantitative estimate of drug-likeness (QED) is 0.772. The smallest absolute Gasteiger partial charge is 0.258 e. The first-order valence-electron chi connectivity index (χ1n) is 6.21. The van der Waals surface area contributed by atoms with Gasteiger partial charge in [-0.1, -0.05) is 11.2 Å². The van der Waals surface area contributed by atoms with Gasteiger partial charge in [0.15, 0.2) is 0 Å². The van der Waals surface area contributed by atoms with Crippen LogP contribution in [0, 0.1) is 13.8 Å². The Kier molecular flexibility index (Phi) is 2.95. The molecule has 0 spiro atoms. The highest BCUT2D eigenvalue weighted by Crippen LogP contribution is 2.26. The van der Waals surface area contributed by atoms with Crippen molar-refractivity contribution in [1.82, 2.24) is 15.1 Å². The first kappa shape index (κ1) is 12.3. The molecule has 3 aromatic rings. The lowest BCUT2D eigenvalue weighted by Gasteiger charge is -2.00. The van der Waals surface area contributed by atoms with Gasteiger partial charge in [-0.15, -0.1) is 0 Å². The molecule has 0 fully saturated rings. The van der Waals surface area contributed by atoms with Crippen LogP contribution in [0.3, 0.4) is 0 Å². The summed E-state index contributed by atoms with van der Waals surface area (Å²) in [4.78, 5) is 8.72. The lowest BCUT2D eigenvalue weighted by atomic mass is 10.1. The molecule has 0 saturated carbocycles. The Morgan fingerprint density at radius 1 is 1.05 bits per heavy atom. The first-order valence-corrected chi connectivity index (χ1v) is 6.21. The summed E-state index contributed by atoms with van der Waals surface area (Å²) in [7, 11) is 0. The highest BCUT2D eigenvalue weighted by atomic mass is 16.5. The number of hydrogen-bond acceptors (Lipinski definition) is 5. The molecule has 2 heterocycles. The number of aryl methyl sites for hydroxylation is 2. The molecule has 0 radical (unpaired) electrons. The Hall–Kier alpha value is -2.69. The molecular formula is C15H13N3O2. The van der Waals surface area contributed by atoms with Crippen molar-refractivity contribution in [2.75, 3.05) is 0 Å². The van der Waals surface area contributed by atoms with Crippen molar-refractivity contribution < 1.29 is 9.63 Å². The highest BCUT2D eigenvalue weighted by Gasteiger charge is 2.13. The molecule has 0 atom stereocenters. The van der Waals surface area contributed by atoms with E-state index in [-0.39, 0.29) is 5.75 Å². The summed E-state index contributed by atoms with van der Waals surface area (Å²) in [5.74, 6) is 1.09. The van der Waals surface area contributed by atoms with Crippen LogP contribution >= 0.6 is 0 Å². The summed E-state index contributed by atoms with van der Waals surface area (Å²) in [6.45, 7) is 3.79. The van der Waals surface area contributed by atoms with Crippen LogP contribution in [-0.2, 0) is 0 Å². The fourth-order valence-electron chi connectivity index (χ4n) is 1.99. The maximum Gasteiger partial charge on any atom is 0.258 e. The van der Waals surface area contributed by atoms with E-state index in [1.165, 1.54) is 0 Å². The van der Waals surface area contributed by atoms with Gasteiger partial charge in [-0.3, -0.25) is 0 Å². The normalized spacial score (nSPS) is 10.7. The SMILES string of the molecule is Cc1cccc(-c2noc(-c3ccc(O)cc3C)n2)n1. The minimum absolute atomic E-state index is 0.214. The third-order valence-corrected chi connectivity index (χ3v) is 2.98. The highest BCUT2D eigenvalue weighted by molar-refractivity contribution is 5.62. The lowest BCUT2D eigenvalue weighted by molar-refractivity contribution is 0.431. The Labute approximate surface area is 115 Å². The Balaban J connectivity index is 2.02. The second-order valence-corrected chi connectivity index (χ2v) is 4.59. The molecule has 0 unspecified atom stereocenters. The Bertz CT molecular complexity index is 765.